The fourth-order valence-corrected chi connectivity index (χ4v) is 8.33. The number of sulfone groups is 1. The molecule has 2 heterocycles. The molecule has 1 aromatic heterocycles. The van der Waals surface area contributed by atoms with Crippen LogP contribution < -0.4 is 4.90 Å². The second kappa shape index (κ2) is 10.8. The van der Waals surface area contributed by atoms with E-state index in [2.05, 4.69) is 64.0 Å². The van der Waals surface area contributed by atoms with Crippen molar-refractivity contribution in [3.8, 4) is 11.3 Å². The number of hydrogen-bond donors (Lipinski definition) is 0. The summed E-state index contributed by atoms with van der Waals surface area (Å²) in [6.07, 6.45) is 1.22. The Kier molecular flexibility index (Phi) is 8.18. The van der Waals surface area contributed by atoms with E-state index in [1.807, 2.05) is 24.3 Å². The van der Waals surface area contributed by atoms with Crippen LogP contribution in [0.4, 0.5) is 5.13 Å². The van der Waals surface area contributed by atoms with Gasteiger partial charge < -0.3 is 4.90 Å². The molecule has 194 valence electrons. The van der Waals surface area contributed by atoms with Crippen LogP contribution in [0.3, 0.4) is 0 Å². The maximum absolute atomic E-state index is 14.1. The third-order valence-corrected chi connectivity index (χ3v) is 10.7. The Balaban J connectivity index is 1.58. The van der Waals surface area contributed by atoms with E-state index >= 15 is 0 Å². The first-order chi connectivity index (χ1) is 17.0. The number of benzene rings is 2. The van der Waals surface area contributed by atoms with E-state index in [-0.39, 0.29) is 17.1 Å². The highest BCUT2D eigenvalue weighted by Crippen LogP contribution is 2.39. The van der Waals surface area contributed by atoms with E-state index in [9.17, 15) is 8.42 Å². The number of rotatable bonds is 7. The average Bonchev–Trinajstić information content (AvgIpc) is 3.34. The van der Waals surface area contributed by atoms with Gasteiger partial charge in [-0.3, -0.25) is 0 Å². The second-order valence-corrected chi connectivity index (χ2v) is 14.2. The molecule has 0 amide bonds. The van der Waals surface area contributed by atoms with E-state index in [0.717, 1.165) is 27.5 Å². The smallest absolute Gasteiger partial charge is 0.185 e. The van der Waals surface area contributed by atoms with Crippen molar-refractivity contribution < 1.29 is 8.42 Å². The fraction of sp³-hybridized carbons (Fsp3) is 0.483. The van der Waals surface area contributed by atoms with Gasteiger partial charge in [-0.2, -0.15) is 0 Å². The third kappa shape index (κ3) is 5.51. The fourth-order valence-electron chi connectivity index (χ4n) is 4.90. The number of piperidine rings is 1. The number of hydrogen-bond acceptors (Lipinski definition) is 5. The van der Waals surface area contributed by atoms with Crippen molar-refractivity contribution in [2.75, 3.05) is 18.0 Å². The minimum absolute atomic E-state index is 0.146. The van der Waals surface area contributed by atoms with Gasteiger partial charge in [0.05, 0.1) is 15.8 Å². The van der Waals surface area contributed by atoms with Gasteiger partial charge in [0.1, 0.15) is 0 Å². The Morgan fingerprint density at radius 1 is 0.917 bits per heavy atom. The van der Waals surface area contributed by atoms with Crippen molar-refractivity contribution in [3.05, 3.63) is 63.5 Å². The molecule has 1 aliphatic rings. The predicted octanol–water partition coefficient (Wildman–Crippen LogP) is 8.28. The molecule has 0 saturated carbocycles. The molecule has 0 bridgehead atoms. The first-order valence-corrected chi connectivity index (χ1v) is 15.7. The Bertz CT molecular complexity index is 1270. The minimum Gasteiger partial charge on any atom is -0.348 e. The van der Waals surface area contributed by atoms with Gasteiger partial charge in [0.25, 0.3) is 0 Å². The van der Waals surface area contributed by atoms with Gasteiger partial charge in [-0.25, -0.2) is 13.4 Å². The van der Waals surface area contributed by atoms with Gasteiger partial charge in [-0.1, -0.05) is 77.4 Å². The van der Waals surface area contributed by atoms with Gasteiger partial charge in [0.2, 0.25) is 0 Å². The maximum atomic E-state index is 14.1. The molecule has 0 atom stereocenters. The summed E-state index contributed by atoms with van der Waals surface area (Å²) in [5.41, 5.74) is 5.12. The summed E-state index contributed by atoms with van der Waals surface area (Å²) in [6, 6.07) is 12.0. The average molecular weight is 545 g/mol. The number of halogens is 1. The molecule has 1 fully saturated rings. The van der Waals surface area contributed by atoms with Gasteiger partial charge >= 0.3 is 0 Å². The van der Waals surface area contributed by atoms with E-state index in [4.69, 9.17) is 16.6 Å². The zero-order valence-corrected chi connectivity index (χ0v) is 24.5. The Morgan fingerprint density at radius 3 is 1.97 bits per heavy atom. The summed E-state index contributed by atoms with van der Waals surface area (Å²) in [7, 11) is -3.46. The molecule has 1 aliphatic heterocycles. The van der Waals surface area contributed by atoms with Crippen molar-refractivity contribution in [2.45, 2.75) is 82.3 Å². The molecule has 4 rings (SSSR count). The summed E-state index contributed by atoms with van der Waals surface area (Å²) in [4.78, 5) is 7.65. The van der Waals surface area contributed by atoms with Crippen LogP contribution in [0.2, 0.25) is 5.02 Å². The van der Waals surface area contributed by atoms with Crippen molar-refractivity contribution in [3.63, 3.8) is 0 Å². The SMILES string of the molecule is CC(C)c1cc(C(C)C)c(S(=O)(=O)C2CCN(c3nc(-c4ccc(Cl)cc4)cs3)CC2)c(C(C)C)c1. The quantitative estimate of drug-likeness (QED) is 0.300. The summed E-state index contributed by atoms with van der Waals surface area (Å²) in [6.45, 7) is 14.1. The molecule has 0 N–H and O–H groups in total. The van der Waals surface area contributed by atoms with Crippen LogP contribution in [0, 0.1) is 0 Å². The van der Waals surface area contributed by atoms with Crippen LogP contribution >= 0.6 is 22.9 Å². The molecule has 4 nitrogen and oxygen atoms in total. The zero-order chi connectivity index (χ0) is 26.2. The minimum atomic E-state index is -3.46. The summed E-state index contributed by atoms with van der Waals surface area (Å²) in [5, 5.41) is 3.34. The Hall–Kier alpha value is -1.89. The first kappa shape index (κ1) is 27.2. The summed E-state index contributed by atoms with van der Waals surface area (Å²) in [5.74, 6) is 0.649. The highest BCUT2D eigenvalue weighted by Gasteiger charge is 2.36. The molecule has 0 unspecified atom stereocenters. The van der Waals surface area contributed by atoms with Gasteiger partial charge in [0.15, 0.2) is 15.0 Å². The Morgan fingerprint density at radius 2 is 1.47 bits per heavy atom. The largest absolute Gasteiger partial charge is 0.348 e. The molecule has 36 heavy (non-hydrogen) atoms. The Labute approximate surface area is 225 Å². The van der Waals surface area contributed by atoms with Crippen LogP contribution in [0.1, 0.15) is 88.8 Å². The van der Waals surface area contributed by atoms with Crippen molar-refractivity contribution in [2.24, 2.45) is 0 Å². The maximum Gasteiger partial charge on any atom is 0.185 e. The molecular formula is C29H37ClN2O2S2. The summed E-state index contributed by atoms with van der Waals surface area (Å²) < 4.78 is 28.3. The van der Waals surface area contributed by atoms with Crippen LogP contribution in [-0.4, -0.2) is 31.7 Å². The normalized spacial score (nSPS) is 15.4. The molecular weight excluding hydrogens is 508 g/mol. The van der Waals surface area contributed by atoms with E-state index in [1.54, 1.807) is 11.3 Å². The topological polar surface area (TPSA) is 50.3 Å². The standard InChI is InChI=1S/C29H37ClN2O2S2/c1-18(2)22-15-25(19(3)4)28(26(16-22)20(5)6)36(33,34)24-11-13-32(14-12-24)29-31-27(17-35-29)21-7-9-23(30)10-8-21/h7-10,15-20,24H,11-14H2,1-6H3. The van der Waals surface area contributed by atoms with E-state index in [1.165, 1.54) is 5.56 Å². The van der Waals surface area contributed by atoms with Gasteiger partial charge in [-0.15, -0.1) is 11.3 Å². The first-order valence-electron chi connectivity index (χ1n) is 12.9. The monoisotopic (exact) mass is 544 g/mol. The molecule has 0 radical (unpaired) electrons. The van der Waals surface area contributed by atoms with Crippen LogP contribution in [-0.2, 0) is 9.84 Å². The lowest BCUT2D eigenvalue weighted by Crippen LogP contribution is -2.39. The molecule has 3 aromatic rings. The van der Waals surface area contributed by atoms with Gasteiger partial charge in [-0.05, 0) is 59.4 Å². The molecule has 0 aliphatic carbocycles. The highest BCUT2D eigenvalue weighted by atomic mass is 35.5. The van der Waals surface area contributed by atoms with Crippen molar-refractivity contribution >= 4 is 37.9 Å². The van der Waals surface area contributed by atoms with Crippen LogP contribution in [0.15, 0.2) is 46.7 Å². The number of aromatic nitrogens is 1. The lowest BCUT2D eigenvalue weighted by atomic mass is 9.89. The van der Waals surface area contributed by atoms with Crippen LogP contribution in [0.25, 0.3) is 11.3 Å². The zero-order valence-electron chi connectivity index (χ0n) is 22.1. The number of nitrogens with zero attached hydrogens (tertiary/aromatic N) is 2. The van der Waals surface area contributed by atoms with Crippen molar-refractivity contribution in [1.29, 1.82) is 0 Å². The van der Waals surface area contributed by atoms with Crippen molar-refractivity contribution in [1.82, 2.24) is 4.98 Å². The van der Waals surface area contributed by atoms with E-state index in [0.29, 0.717) is 41.8 Å². The molecule has 1 saturated heterocycles. The molecule has 7 heteroatoms. The highest BCUT2D eigenvalue weighted by molar-refractivity contribution is 7.92. The van der Waals surface area contributed by atoms with Crippen LogP contribution in [0.5, 0.6) is 0 Å². The second-order valence-electron chi connectivity index (χ2n) is 10.7. The lowest BCUT2D eigenvalue weighted by Gasteiger charge is -2.33. The number of thiazole rings is 1. The number of anilines is 1. The summed E-state index contributed by atoms with van der Waals surface area (Å²) >= 11 is 7.63. The predicted molar refractivity (Wildman–Crippen MR) is 154 cm³/mol. The molecule has 0 spiro atoms. The third-order valence-electron chi connectivity index (χ3n) is 7.15. The lowest BCUT2D eigenvalue weighted by molar-refractivity contribution is 0.526. The van der Waals surface area contributed by atoms with E-state index < -0.39 is 9.84 Å². The molecule has 2 aromatic carbocycles. The van der Waals surface area contributed by atoms with Gasteiger partial charge in [0, 0.05) is 29.1 Å².